The van der Waals surface area contributed by atoms with Gasteiger partial charge in [-0.05, 0) is 42.0 Å². The first-order chi connectivity index (χ1) is 9.49. The molecule has 1 aliphatic rings. The Bertz CT molecular complexity index is 474. The van der Waals surface area contributed by atoms with Gasteiger partial charge in [-0.15, -0.1) is 0 Å². The second-order valence-electron chi connectivity index (χ2n) is 6.34. The number of amides is 1. The zero-order chi connectivity index (χ0) is 14.7. The fourth-order valence-corrected chi connectivity index (χ4v) is 2.65. The normalized spacial score (nSPS) is 18.8. The Hall–Kier alpha value is -1.35. The van der Waals surface area contributed by atoms with Crippen molar-refractivity contribution in [3.05, 3.63) is 29.3 Å². The standard InChI is InChI=1S/C17H26N2O/c1-11(2)13-5-6-16(15(9-13)12(3)4)19-17(20)14-7-8-18-10-14/h5-6,9,11-12,14,18H,7-8,10H2,1-4H3,(H,19,20). The number of anilines is 1. The summed E-state index contributed by atoms with van der Waals surface area (Å²) in [4.78, 5) is 12.3. The summed E-state index contributed by atoms with van der Waals surface area (Å²) in [5.41, 5.74) is 3.53. The van der Waals surface area contributed by atoms with Crippen molar-refractivity contribution in [1.29, 1.82) is 0 Å². The van der Waals surface area contributed by atoms with Gasteiger partial charge in [-0.25, -0.2) is 0 Å². The van der Waals surface area contributed by atoms with Gasteiger partial charge in [0.25, 0.3) is 0 Å². The number of carbonyl (C=O) groups excluding carboxylic acids is 1. The summed E-state index contributed by atoms with van der Waals surface area (Å²) in [6.07, 6.45) is 0.937. The van der Waals surface area contributed by atoms with E-state index in [1.807, 2.05) is 0 Å². The third-order valence-electron chi connectivity index (χ3n) is 4.05. The third kappa shape index (κ3) is 3.40. The summed E-state index contributed by atoms with van der Waals surface area (Å²) in [5, 5.41) is 6.36. The number of carbonyl (C=O) groups is 1. The number of hydrogen-bond acceptors (Lipinski definition) is 2. The Kier molecular flexibility index (Phi) is 4.81. The Morgan fingerprint density at radius 1 is 1.25 bits per heavy atom. The van der Waals surface area contributed by atoms with Gasteiger partial charge in [-0.1, -0.05) is 39.8 Å². The molecule has 3 nitrogen and oxygen atoms in total. The maximum Gasteiger partial charge on any atom is 0.228 e. The highest BCUT2D eigenvalue weighted by atomic mass is 16.1. The summed E-state index contributed by atoms with van der Waals surface area (Å²) >= 11 is 0. The molecule has 1 heterocycles. The van der Waals surface area contributed by atoms with E-state index >= 15 is 0 Å². The van der Waals surface area contributed by atoms with E-state index in [9.17, 15) is 4.79 Å². The molecule has 0 saturated carbocycles. The molecule has 2 N–H and O–H groups in total. The maximum atomic E-state index is 12.3. The fraction of sp³-hybridized carbons (Fsp3) is 0.588. The van der Waals surface area contributed by atoms with Gasteiger partial charge in [-0.2, -0.15) is 0 Å². The molecule has 1 unspecified atom stereocenters. The van der Waals surface area contributed by atoms with Crippen molar-refractivity contribution < 1.29 is 4.79 Å². The monoisotopic (exact) mass is 274 g/mol. The second kappa shape index (κ2) is 6.40. The van der Waals surface area contributed by atoms with Crippen LogP contribution in [0.1, 0.15) is 57.1 Å². The van der Waals surface area contributed by atoms with Crippen molar-refractivity contribution in [3.8, 4) is 0 Å². The van der Waals surface area contributed by atoms with Crippen LogP contribution in [0.3, 0.4) is 0 Å². The van der Waals surface area contributed by atoms with Crippen molar-refractivity contribution in [2.75, 3.05) is 18.4 Å². The highest BCUT2D eigenvalue weighted by Crippen LogP contribution is 2.29. The zero-order valence-electron chi connectivity index (χ0n) is 13.0. The van der Waals surface area contributed by atoms with Crippen molar-refractivity contribution in [2.24, 2.45) is 5.92 Å². The van der Waals surface area contributed by atoms with Gasteiger partial charge in [0.2, 0.25) is 5.91 Å². The van der Waals surface area contributed by atoms with E-state index in [2.05, 4.69) is 56.5 Å². The summed E-state index contributed by atoms with van der Waals surface area (Å²) in [6, 6.07) is 6.42. The van der Waals surface area contributed by atoms with E-state index in [0.29, 0.717) is 11.8 Å². The van der Waals surface area contributed by atoms with Crippen molar-refractivity contribution in [3.63, 3.8) is 0 Å². The van der Waals surface area contributed by atoms with E-state index in [1.54, 1.807) is 0 Å². The number of benzene rings is 1. The van der Waals surface area contributed by atoms with Crippen LogP contribution in [0.5, 0.6) is 0 Å². The van der Waals surface area contributed by atoms with Crippen LogP contribution < -0.4 is 10.6 Å². The molecule has 20 heavy (non-hydrogen) atoms. The minimum atomic E-state index is 0.111. The van der Waals surface area contributed by atoms with Crippen LogP contribution >= 0.6 is 0 Å². The Morgan fingerprint density at radius 3 is 2.55 bits per heavy atom. The first-order valence-corrected chi connectivity index (χ1v) is 7.64. The number of hydrogen-bond donors (Lipinski definition) is 2. The molecule has 0 bridgehead atoms. The van der Waals surface area contributed by atoms with E-state index in [-0.39, 0.29) is 11.8 Å². The molecule has 1 fully saturated rings. The largest absolute Gasteiger partial charge is 0.326 e. The van der Waals surface area contributed by atoms with Gasteiger partial charge in [-0.3, -0.25) is 4.79 Å². The molecule has 0 radical (unpaired) electrons. The van der Waals surface area contributed by atoms with Crippen molar-refractivity contribution in [2.45, 2.75) is 46.0 Å². The van der Waals surface area contributed by atoms with Crippen LogP contribution in [-0.2, 0) is 4.79 Å². The Morgan fingerprint density at radius 2 is 2.00 bits per heavy atom. The van der Waals surface area contributed by atoms with E-state index in [4.69, 9.17) is 0 Å². The minimum Gasteiger partial charge on any atom is -0.326 e. The van der Waals surface area contributed by atoms with Crippen LogP contribution in [0.25, 0.3) is 0 Å². The second-order valence-corrected chi connectivity index (χ2v) is 6.34. The van der Waals surface area contributed by atoms with Gasteiger partial charge in [0.05, 0.1) is 5.92 Å². The summed E-state index contributed by atoms with van der Waals surface area (Å²) < 4.78 is 0. The maximum absolute atomic E-state index is 12.3. The smallest absolute Gasteiger partial charge is 0.228 e. The summed E-state index contributed by atoms with van der Waals surface area (Å²) in [5.74, 6) is 1.18. The molecule has 1 saturated heterocycles. The fourth-order valence-electron chi connectivity index (χ4n) is 2.65. The zero-order valence-corrected chi connectivity index (χ0v) is 13.0. The number of nitrogens with one attached hydrogen (secondary N) is 2. The first-order valence-electron chi connectivity index (χ1n) is 7.64. The van der Waals surface area contributed by atoms with Crippen molar-refractivity contribution >= 4 is 11.6 Å². The van der Waals surface area contributed by atoms with Crippen LogP contribution in [0.2, 0.25) is 0 Å². The van der Waals surface area contributed by atoms with Gasteiger partial charge >= 0.3 is 0 Å². The predicted molar refractivity (Wildman–Crippen MR) is 84.2 cm³/mol. The molecule has 1 atom stereocenters. The molecule has 3 heteroatoms. The van der Waals surface area contributed by atoms with Crippen LogP contribution in [0, 0.1) is 5.92 Å². The van der Waals surface area contributed by atoms with Crippen LogP contribution in [0.15, 0.2) is 18.2 Å². The molecule has 1 aromatic rings. The highest BCUT2D eigenvalue weighted by molar-refractivity contribution is 5.93. The lowest BCUT2D eigenvalue weighted by Gasteiger charge is -2.18. The SMILES string of the molecule is CC(C)c1ccc(NC(=O)C2CCNC2)c(C(C)C)c1. The Labute approximate surface area is 122 Å². The summed E-state index contributed by atoms with van der Waals surface area (Å²) in [7, 11) is 0. The van der Waals surface area contributed by atoms with E-state index in [1.165, 1.54) is 11.1 Å². The van der Waals surface area contributed by atoms with Crippen molar-refractivity contribution in [1.82, 2.24) is 5.32 Å². The lowest BCUT2D eigenvalue weighted by Crippen LogP contribution is -2.25. The molecule has 0 aliphatic carbocycles. The number of rotatable bonds is 4. The lowest BCUT2D eigenvalue weighted by atomic mass is 9.94. The Balaban J connectivity index is 2.19. The molecule has 0 spiro atoms. The van der Waals surface area contributed by atoms with Crippen LogP contribution in [-0.4, -0.2) is 19.0 Å². The average Bonchev–Trinajstić information content (AvgIpc) is 2.92. The quantitative estimate of drug-likeness (QED) is 0.882. The molecule has 1 amide bonds. The van der Waals surface area contributed by atoms with Gasteiger partial charge < -0.3 is 10.6 Å². The topological polar surface area (TPSA) is 41.1 Å². The van der Waals surface area contributed by atoms with E-state index < -0.39 is 0 Å². The predicted octanol–water partition coefficient (Wildman–Crippen LogP) is 3.48. The molecule has 2 rings (SSSR count). The lowest BCUT2D eigenvalue weighted by molar-refractivity contribution is -0.119. The molecule has 0 aromatic heterocycles. The molecule has 1 aliphatic heterocycles. The first kappa shape index (κ1) is 15.0. The minimum absolute atomic E-state index is 0.111. The van der Waals surface area contributed by atoms with E-state index in [0.717, 1.165) is 25.2 Å². The van der Waals surface area contributed by atoms with Gasteiger partial charge in [0.15, 0.2) is 0 Å². The van der Waals surface area contributed by atoms with Gasteiger partial charge in [0, 0.05) is 12.2 Å². The molecule has 1 aromatic carbocycles. The van der Waals surface area contributed by atoms with Crippen LogP contribution in [0.4, 0.5) is 5.69 Å². The average molecular weight is 274 g/mol. The molecule has 110 valence electrons. The summed E-state index contributed by atoms with van der Waals surface area (Å²) in [6.45, 7) is 10.5. The molecular formula is C17H26N2O. The molecular weight excluding hydrogens is 248 g/mol. The highest BCUT2D eigenvalue weighted by Gasteiger charge is 2.23. The van der Waals surface area contributed by atoms with Gasteiger partial charge in [0.1, 0.15) is 0 Å². The third-order valence-corrected chi connectivity index (χ3v) is 4.05.